The summed E-state index contributed by atoms with van der Waals surface area (Å²) < 4.78 is 0. The Morgan fingerprint density at radius 1 is 1.16 bits per heavy atom. The van der Waals surface area contributed by atoms with Gasteiger partial charge in [-0.2, -0.15) is 0 Å². The molecule has 0 aromatic heterocycles. The van der Waals surface area contributed by atoms with Crippen LogP contribution in [0.1, 0.15) is 17.5 Å². The van der Waals surface area contributed by atoms with E-state index in [9.17, 15) is 9.59 Å². The summed E-state index contributed by atoms with van der Waals surface area (Å²) in [5, 5.41) is 2.72. The van der Waals surface area contributed by atoms with Crippen molar-refractivity contribution in [3.8, 4) is 0 Å². The van der Waals surface area contributed by atoms with Crippen LogP contribution in [0.15, 0.2) is 24.3 Å². The first-order chi connectivity index (χ1) is 9.24. The molecule has 0 saturated carbocycles. The lowest BCUT2D eigenvalue weighted by Crippen LogP contribution is -3.13. The van der Waals surface area contributed by atoms with Crippen molar-refractivity contribution in [3.05, 3.63) is 35.4 Å². The van der Waals surface area contributed by atoms with Crippen molar-refractivity contribution in [2.75, 3.05) is 19.8 Å². The van der Waals surface area contributed by atoms with Gasteiger partial charge >= 0.3 is 6.03 Å². The lowest BCUT2D eigenvalue weighted by Gasteiger charge is -2.32. The fraction of sp³-hybridized carbons (Fsp3) is 0.429. The summed E-state index contributed by atoms with van der Waals surface area (Å²) in [6.45, 7) is 2.78. The lowest BCUT2D eigenvalue weighted by atomic mass is 10.0. The fourth-order valence-corrected chi connectivity index (χ4v) is 2.78. The number of hydrogen-bond donors (Lipinski definition) is 2. The van der Waals surface area contributed by atoms with E-state index < -0.39 is 0 Å². The Morgan fingerprint density at radius 3 is 2.74 bits per heavy atom. The first-order valence-corrected chi connectivity index (χ1v) is 6.72. The Hall–Kier alpha value is -1.88. The summed E-state index contributed by atoms with van der Waals surface area (Å²) in [5.74, 6) is -0.0601. The van der Waals surface area contributed by atoms with Crippen LogP contribution in [-0.2, 0) is 17.8 Å². The Morgan fingerprint density at radius 2 is 1.95 bits per heavy atom. The molecule has 2 N–H and O–H groups in total. The largest absolute Gasteiger partial charge is 0.337 e. The van der Waals surface area contributed by atoms with Crippen molar-refractivity contribution in [2.24, 2.45) is 0 Å². The zero-order valence-corrected chi connectivity index (χ0v) is 10.8. The van der Waals surface area contributed by atoms with Crippen molar-refractivity contribution in [1.82, 2.24) is 10.2 Å². The van der Waals surface area contributed by atoms with Gasteiger partial charge in [0.2, 0.25) is 5.91 Å². The molecule has 2 aliphatic heterocycles. The molecule has 5 heteroatoms. The number of imide groups is 1. The van der Waals surface area contributed by atoms with Crippen LogP contribution in [-0.4, -0.2) is 36.6 Å². The van der Waals surface area contributed by atoms with Crippen LogP contribution in [0.2, 0.25) is 0 Å². The van der Waals surface area contributed by atoms with Gasteiger partial charge in [0.25, 0.3) is 0 Å². The monoisotopic (exact) mass is 260 g/mol. The van der Waals surface area contributed by atoms with Crippen molar-refractivity contribution < 1.29 is 14.5 Å². The normalized spacial score (nSPS) is 22.9. The Balaban J connectivity index is 1.68. The fourth-order valence-electron chi connectivity index (χ4n) is 2.78. The van der Waals surface area contributed by atoms with Gasteiger partial charge in [-0.25, -0.2) is 9.69 Å². The minimum absolute atomic E-state index is 0.0601. The minimum atomic E-state index is -0.248. The van der Waals surface area contributed by atoms with Crippen molar-refractivity contribution in [3.63, 3.8) is 0 Å². The van der Waals surface area contributed by atoms with Gasteiger partial charge in [0.15, 0.2) is 6.67 Å². The second-order valence-corrected chi connectivity index (χ2v) is 5.16. The molecule has 3 amide bonds. The maximum atomic E-state index is 11.8. The smallest absolute Gasteiger partial charge is 0.328 e. The summed E-state index contributed by atoms with van der Waals surface area (Å²) in [6, 6.07) is 8.14. The van der Waals surface area contributed by atoms with Gasteiger partial charge in [-0.05, 0) is 5.56 Å². The molecule has 1 atom stereocenters. The standard InChI is InChI=1S/C14H17N3O2/c18-13-5-7-15-14(19)17(13)10-16-8-6-11-3-1-2-4-12(11)9-16/h1-4H,5-10H2,(H,15,19)/p+1. The maximum absolute atomic E-state index is 11.8. The summed E-state index contributed by atoms with van der Waals surface area (Å²) in [7, 11) is 0. The van der Waals surface area contributed by atoms with Gasteiger partial charge in [0.1, 0.15) is 6.54 Å². The van der Waals surface area contributed by atoms with E-state index >= 15 is 0 Å². The van der Waals surface area contributed by atoms with E-state index in [0.29, 0.717) is 19.6 Å². The molecule has 1 aromatic rings. The molecule has 0 bridgehead atoms. The third-order valence-corrected chi connectivity index (χ3v) is 3.85. The van der Waals surface area contributed by atoms with Crippen LogP contribution < -0.4 is 10.2 Å². The summed E-state index contributed by atoms with van der Waals surface area (Å²) in [6.07, 6.45) is 1.42. The molecule has 3 rings (SSSR count). The van der Waals surface area contributed by atoms with E-state index in [2.05, 4.69) is 23.5 Å². The molecule has 5 nitrogen and oxygen atoms in total. The number of benzene rings is 1. The summed E-state index contributed by atoms with van der Waals surface area (Å²) >= 11 is 0. The average molecular weight is 260 g/mol. The quantitative estimate of drug-likeness (QED) is 0.755. The molecule has 19 heavy (non-hydrogen) atoms. The second kappa shape index (κ2) is 5.01. The van der Waals surface area contributed by atoms with Crippen LogP contribution in [0.4, 0.5) is 4.79 Å². The zero-order valence-electron chi connectivity index (χ0n) is 10.8. The number of rotatable bonds is 2. The van der Waals surface area contributed by atoms with E-state index in [1.54, 1.807) is 0 Å². The number of quaternary nitrogens is 1. The third kappa shape index (κ3) is 2.46. The zero-order chi connectivity index (χ0) is 13.2. The van der Waals surface area contributed by atoms with Gasteiger partial charge in [-0.1, -0.05) is 24.3 Å². The highest BCUT2D eigenvalue weighted by Crippen LogP contribution is 2.10. The number of carbonyl (C=O) groups is 2. The van der Waals surface area contributed by atoms with Crippen LogP contribution in [0.3, 0.4) is 0 Å². The second-order valence-electron chi connectivity index (χ2n) is 5.16. The summed E-state index contributed by atoms with van der Waals surface area (Å²) in [4.78, 5) is 26.1. The molecular weight excluding hydrogens is 242 g/mol. The van der Waals surface area contributed by atoms with Gasteiger partial charge < -0.3 is 10.2 Å². The Labute approximate surface area is 112 Å². The molecule has 2 heterocycles. The number of fused-ring (bicyclic) bond motifs is 1. The highest BCUT2D eigenvalue weighted by molar-refractivity contribution is 5.96. The number of urea groups is 1. The molecule has 1 unspecified atom stereocenters. The van der Waals surface area contributed by atoms with Gasteiger partial charge in [-0.3, -0.25) is 4.79 Å². The van der Waals surface area contributed by atoms with Crippen molar-refractivity contribution >= 4 is 11.9 Å². The molecule has 1 aromatic carbocycles. The van der Waals surface area contributed by atoms with Crippen molar-refractivity contribution in [1.29, 1.82) is 0 Å². The maximum Gasteiger partial charge on any atom is 0.328 e. The van der Waals surface area contributed by atoms with Crippen LogP contribution in [0.5, 0.6) is 0 Å². The number of nitrogens with zero attached hydrogens (tertiary/aromatic N) is 1. The van der Waals surface area contributed by atoms with Crippen LogP contribution in [0.25, 0.3) is 0 Å². The Kier molecular flexibility index (Phi) is 3.21. The first-order valence-electron chi connectivity index (χ1n) is 6.72. The van der Waals surface area contributed by atoms with E-state index in [1.165, 1.54) is 20.9 Å². The molecule has 0 spiro atoms. The molecule has 1 fully saturated rings. The van der Waals surface area contributed by atoms with E-state index in [-0.39, 0.29) is 11.9 Å². The van der Waals surface area contributed by atoms with E-state index in [1.807, 2.05) is 6.07 Å². The molecule has 2 aliphatic rings. The number of amides is 3. The number of nitrogens with one attached hydrogen (secondary N) is 2. The Bertz CT molecular complexity index is 499. The SMILES string of the molecule is O=C1CCNC(=O)N1C[NH+]1CCc2ccccc2C1. The predicted octanol–water partition coefficient (Wildman–Crippen LogP) is -0.473. The minimum Gasteiger partial charge on any atom is -0.337 e. The predicted molar refractivity (Wildman–Crippen MR) is 69.4 cm³/mol. The van der Waals surface area contributed by atoms with E-state index in [4.69, 9.17) is 0 Å². The van der Waals surface area contributed by atoms with Gasteiger partial charge in [0.05, 0.1) is 6.54 Å². The average Bonchev–Trinajstić information content (AvgIpc) is 2.43. The third-order valence-electron chi connectivity index (χ3n) is 3.85. The number of hydrogen-bond acceptors (Lipinski definition) is 2. The van der Waals surface area contributed by atoms with Crippen LogP contribution >= 0.6 is 0 Å². The highest BCUT2D eigenvalue weighted by atomic mass is 16.2. The number of carbonyl (C=O) groups excluding carboxylic acids is 2. The lowest BCUT2D eigenvalue weighted by molar-refractivity contribution is -0.923. The molecule has 0 aliphatic carbocycles. The first kappa shape index (κ1) is 12.2. The molecule has 1 saturated heterocycles. The van der Waals surface area contributed by atoms with Crippen LogP contribution in [0, 0.1) is 0 Å². The molecule has 0 radical (unpaired) electrons. The topological polar surface area (TPSA) is 53.9 Å². The summed E-state index contributed by atoms with van der Waals surface area (Å²) in [5.41, 5.74) is 2.72. The molecular formula is C14H18N3O2+. The van der Waals surface area contributed by atoms with Crippen molar-refractivity contribution in [2.45, 2.75) is 19.4 Å². The van der Waals surface area contributed by atoms with Gasteiger partial charge in [0, 0.05) is 24.9 Å². The highest BCUT2D eigenvalue weighted by Gasteiger charge is 2.30. The molecule has 100 valence electrons. The van der Waals surface area contributed by atoms with Gasteiger partial charge in [-0.15, -0.1) is 0 Å². The van der Waals surface area contributed by atoms with E-state index in [0.717, 1.165) is 19.5 Å².